The summed E-state index contributed by atoms with van der Waals surface area (Å²) >= 11 is 0. The van der Waals surface area contributed by atoms with Gasteiger partial charge in [0.25, 0.3) is 5.91 Å². The first-order chi connectivity index (χ1) is 8.24. The lowest BCUT2D eigenvalue weighted by Crippen LogP contribution is -2.36. The summed E-state index contributed by atoms with van der Waals surface area (Å²) in [5, 5.41) is 12.8. The first-order valence-corrected chi connectivity index (χ1v) is 5.73. The molecule has 1 amide bonds. The number of aliphatic hydroxyl groups is 1. The number of aromatic amines is 1. The predicted molar refractivity (Wildman–Crippen MR) is 66.9 cm³/mol. The fourth-order valence-corrected chi connectivity index (χ4v) is 1.74. The zero-order valence-electron chi connectivity index (χ0n) is 9.73. The third kappa shape index (κ3) is 2.47. The number of rotatable bonds is 4. The van der Waals surface area contributed by atoms with Gasteiger partial charge in [0.1, 0.15) is 0 Å². The fraction of sp³-hybridized carbons (Fsp3) is 0.308. The van der Waals surface area contributed by atoms with Crippen LogP contribution in [0.1, 0.15) is 23.7 Å². The van der Waals surface area contributed by atoms with E-state index in [1.807, 2.05) is 31.3 Å². The van der Waals surface area contributed by atoms with E-state index in [-0.39, 0.29) is 18.6 Å². The maximum Gasteiger partial charge on any atom is 0.251 e. The topological polar surface area (TPSA) is 65.1 Å². The highest BCUT2D eigenvalue weighted by atomic mass is 16.3. The Kier molecular flexibility index (Phi) is 3.44. The molecule has 17 heavy (non-hydrogen) atoms. The summed E-state index contributed by atoms with van der Waals surface area (Å²) in [6, 6.07) is 7.24. The quantitative estimate of drug-likeness (QED) is 0.750. The van der Waals surface area contributed by atoms with Crippen LogP contribution in [-0.4, -0.2) is 28.6 Å². The number of amides is 1. The summed E-state index contributed by atoms with van der Waals surface area (Å²) in [5.41, 5.74) is 1.62. The minimum atomic E-state index is -0.176. The lowest BCUT2D eigenvalue weighted by atomic mass is 10.1. The van der Waals surface area contributed by atoms with Gasteiger partial charge < -0.3 is 15.4 Å². The minimum Gasteiger partial charge on any atom is -0.394 e. The van der Waals surface area contributed by atoms with Crippen molar-refractivity contribution in [3.8, 4) is 0 Å². The number of hydrogen-bond donors (Lipinski definition) is 3. The lowest BCUT2D eigenvalue weighted by Gasteiger charge is -2.13. The molecule has 4 nitrogen and oxygen atoms in total. The van der Waals surface area contributed by atoms with Gasteiger partial charge >= 0.3 is 0 Å². The van der Waals surface area contributed by atoms with E-state index in [0.29, 0.717) is 12.0 Å². The Bertz CT molecular complexity index is 515. The standard InChI is InChI=1S/C13H16N2O2/c1-2-11(8-16)15-13(17)10-3-4-12-9(7-10)5-6-14-12/h3-7,11,14,16H,2,8H2,1H3,(H,15,17). The number of benzene rings is 1. The second-order valence-electron chi connectivity index (χ2n) is 4.04. The second kappa shape index (κ2) is 5.01. The van der Waals surface area contributed by atoms with Gasteiger partial charge in [-0.15, -0.1) is 0 Å². The molecule has 2 rings (SSSR count). The van der Waals surface area contributed by atoms with Gasteiger partial charge in [0.05, 0.1) is 12.6 Å². The molecule has 0 aliphatic rings. The highest BCUT2D eigenvalue weighted by Gasteiger charge is 2.11. The van der Waals surface area contributed by atoms with Crippen molar-refractivity contribution in [3.05, 3.63) is 36.0 Å². The molecule has 2 aromatic rings. The van der Waals surface area contributed by atoms with E-state index >= 15 is 0 Å². The van der Waals surface area contributed by atoms with Crippen LogP contribution in [0.5, 0.6) is 0 Å². The molecule has 4 heteroatoms. The molecule has 3 N–H and O–H groups in total. The van der Waals surface area contributed by atoms with Crippen LogP contribution in [0.3, 0.4) is 0 Å². The van der Waals surface area contributed by atoms with Crippen LogP contribution in [0, 0.1) is 0 Å². The number of aliphatic hydroxyl groups excluding tert-OH is 1. The Balaban J connectivity index is 2.18. The van der Waals surface area contributed by atoms with Crippen LogP contribution >= 0.6 is 0 Å². The Morgan fingerprint density at radius 1 is 1.47 bits per heavy atom. The highest BCUT2D eigenvalue weighted by Crippen LogP contribution is 2.14. The number of fused-ring (bicyclic) bond motifs is 1. The van der Waals surface area contributed by atoms with Crippen molar-refractivity contribution in [2.75, 3.05) is 6.61 Å². The number of hydrogen-bond acceptors (Lipinski definition) is 2. The number of carbonyl (C=O) groups excluding carboxylic acids is 1. The Hall–Kier alpha value is -1.81. The fourth-order valence-electron chi connectivity index (χ4n) is 1.74. The molecule has 0 saturated carbocycles. The summed E-state index contributed by atoms with van der Waals surface area (Å²) in [4.78, 5) is 15.0. The SMILES string of the molecule is CCC(CO)NC(=O)c1ccc2[nH]ccc2c1. The molecule has 0 spiro atoms. The lowest BCUT2D eigenvalue weighted by molar-refractivity contribution is 0.0915. The van der Waals surface area contributed by atoms with Gasteiger partial charge in [0.15, 0.2) is 0 Å². The molecule has 0 aliphatic heterocycles. The smallest absolute Gasteiger partial charge is 0.251 e. The summed E-state index contributed by atoms with van der Waals surface area (Å²) in [7, 11) is 0. The van der Waals surface area contributed by atoms with Crippen molar-refractivity contribution >= 4 is 16.8 Å². The number of nitrogens with one attached hydrogen (secondary N) is 2. The molecule has 0 fully saturated rings. The van der Waals surface area contributed by atoms with E-state index in [2.05, 4.69) is 10.3 Å². The molecule has 0 saturated heterocycles. The normalized spacial score (nSPS) is 12.6. The van der Waals surface area contributed by atoms with Gasteiger partial charge in [-0.25, -0.2) is 0 Å². The molecular weight excluding hydrogens is 216 g/mol. The molecule has 0 bridgehead atoms. The van der Waals surface area contributed by atoms with Crippen molar-refractivity contribution in [2.45, 2.75) is 19.4 Å². The average molecular weight is 232 g/mol. The first-order valence-electron chi connectivity index (χ1n) is 5.73. The first kappa shape index (κ1) is 11.7. The molecule has 0 aliphatic carbocycles. The van der Waals surface area contributed by atoms with E-state index in [1.165, 1.54) is 0 Å². The van der Waals surface area contributed by atoms with Crippen LogP contribution in [-0.2, 0) is 0 Å². The van der Waals surface area contributed by atoms with Crippen LogP contribution in [0.2, 0.25) is 0 Å². The van der Waals surface area contributed by atoms with Gasteiger partial charge in [-0.3, -0.25) is 4.79 Å². The van der Waals surface area contributed by atoms with E-state index in [1.54, 1.807) is 6.07 Å². The minimum absolute atomic E-state index is 0.0331. The number of carbonyl (C=O) groups is 1. The van der Waals surface area contributed by atoms with Crippen LogP contribution in [0.15, 0.2) is 30.5 Å². The Labute approximate surface area is 99.7 Å². The molecular formula is C13H16N2O2. The summed E-state index contributed by atoms with van der Waals surface area (Å²) in [6.07, 6.45) is 2.56. The van der Waals surface area contributed by atoms with Gasteiger partial charge in [-0.1, -0.05) is 6.92 Å². The molecule has 1 heterocycles. The third-order valence-corrected chi connectivity index (χ3v) is 2.86. The molecule has 1 aromatic heterocycles. The molecule has 1 atom stereocenters. The predicted octanol–water partition coefficient (Wildman–Crippen LogP) is 1.67. The largest absolute Gasteiger partial charge is 0.394 e. The molecule has 0 radical (unpaired) electrons. The van der Waals surface area contributed by atoms with Gasteiger partial charge in [-0.2, -0.15) is 0 Å². The molecule has 90 valence electrons. The summed E-state index contributed by atoms with van der Waals surface area (Å²) in [5.74, 6) is -0.144. The van der Waals surface area contributed by atoms with Crippen molar-refractivity contribution in [1.29, 1.82) is 0 Å². The number of aromatic nitrogens is 1. The third-order valence-electron chi connectivity index (χ3n) is 2.86. The van der Waals surface area contributed by atoms with E-state index < -0.39 is 0 Å². The summed E-state index contributed by atoms with van der Waals surface area (Å²) < 4.78 is 0. The van der Waals surface area contributed by atoms with Crippen molar-refractivity contribution in [3.63, 3.8) is 0 Å². The van der Waals surface area contributed by atoms with Crippen LogP contribution in [0.25, 0.3) is 10.9 Å². The molecule has 1 unspecified atom stereocenters. The average Bonchev–Trinajstić information content (AvgIpc) is 2.82. The number of H-pyrrole nitrogens is 1. The van der Waals surface area contributed by atoms with Crippen molar-refractivity contribution in [1.82, 2.24) is 10.3 Å². The van der Waals surface area contributed by atoms with Crippen molar-refractivity contribution < 1.29 is 9.90 Å². The highest BCUT2D eigenvalue weighted by molar-refractivity contribution is 5.98. The monoisotopic (exact) mass is 232 g/mol. The summed E-state index contributed by atoms with van der Waals surface area (Å²) in [6.45, 7) is 1.89. The Morgan fingerprint density at radius 2 is 2.29 bits per heavy atom. The molecule has 1 aromatic carbocycles. The van der Waals surface area contributed by atoms with Crippen molar-refractivity contribution in [2.24, 2.45) is 0 Å². The van der Waals surface area contributed by atoms with E-state index in [4.69, 9.17) is 5.11 Å². The van der Waals surface area contributed by atoms with Gasteiger partial charge in [-0.05, 0) is 30.7 Å². The maximum absolute atomic E-state index is 11.9. The van der Waals surface area contributed by atoms with Crippen LogP contribution < -0.4 is 5.32 Å². The van der Waals surface area contributed by atoms with Gasteiger partial charge in [0, 0.05) is 22.7 Å². The van der Waals surface area contributed by atoms with E-state index in [9.17, 15) is 4.79 Å². The van der Waals surface area contributed by atoms with E-state index in [0.717, 1.165) is 10.9 Å². The Morgan fingerprint density at radius 3 is 3.00 bits per heavy atom. The maximum atomic E-state index is 11.9. The zero-order valence-corrected chi connectivity index (χ0v) is 9.73. The van der Waals surface area contributed by atoms with Gasteiger partial charge in [0.2, 0.25) is 0 Å². The zero-order chi connectivity index (χ0) is 12.3. The van der Waals surface area contributed by atoms with Crippen LogP contribution in [0.4, 0.5) is 0 Å². The second-order valence-corrected chi connectivity index (χ2v) is 4.04.